The van der Waals surface area contributed by atoms with Gasteiger partial charge < -0.3 is 14.6 Å². The summed E-state index contributed by atoms with van der Waals surface area (Å²) in [4.78, 5) is 16.5. The Bertz CT molecular complexity index is 910. The standard InChI is InChI=1S/C19H18BrN3O3/c1-12-6-3-4-9-16(12)25-13(2)19(24)21-11-17-22-18(23-26-17)14-7-5-8-15(20)10-14/h3-10,13H,11H2,1-2H3,(H,21,24)/t13-/m1/s1. The van der Waals surface area contributed by atoms with Gasteiger partial charge in [-0.05, 0) is 37.6 Å². The molecule has 7 heteroatoms. The third-order valence-corrected chi connectivity index (χ3v) is 4.22. The zero-order chi connectivity index (χ0) is 18.5. The minimum atomic E-state index is -0.636. The lowest BCUT2D eigenvalue weighted by atomic mass is 10.2. The molecule has 0 fully saturated rings. The molecular weight excluding hydrogens is 398 g/mol. The van der Waals surface area contributed by atoms with E-state index in [0.29, 0.717) is 17.5 Å². The van der Waals surface area contributed by atoms with Gasteiger partial charge in [-0.2, -0.15) is 4.98 Å². The Hall–Kier alpha value is -2.67. The van der Waals surface area contributed by atoms with E-state index in [1.54, 1.807) is 6.92 Å². The summed E-state index contributed by atoms with van der Waals surface area (Å²) in [6.45, 7) is 3.77. The Kier molecular flexibility index (Phi) is 5.68. The number of carbonyl (C=O) groups excluding carboxylic acids is 1. The van der Waals surface area contributed by atoms with Crippen LogP contribution in [0, 0.1) is 6.92 Å². The van der Waals surface area contributed by atoms with Crippen molar-refractivity contribution in [1.82, 2.24) is 15.5 Å². The molecule has 134 valence electrons. The second kappa shape index (κ2) is 8.14. The van der Waals surface area contributed by atoms with E-state index in [2.05, 4.69) is 31.4 Å². The molecule has 1 atom stereocenters. The molecule has 26 heavy (non-hydrogen) atoms. The van der Waals surface area contributed by atoms with Gasteiger partial charge in [-0.25, -0.2) is 0 Å². The molecule has 0 spiro atoms. The molecule has 0 saturated heterocycles. The molecule has 3 rings (SSSR count). The van der Waals surface area contributed by atoms with Crippen LogP contribution in [0.25, 0.3) is 11.4 Å². The summed E-state index contributed by atoms with van der Waals surface area (Å²) in [5.41, 5.74) is 1.81. The number of rotatable bonds is 6. The second-order valence-electron chi connectivity index (χ2n) is 5.77. The highest BCUT2D eigenvalue weighted by Crippen LogP contribution is 2.20. The first kappa shape index (κ1) is 18.1. The van der Waals surface area contributed by atoms with Crippen LogP contribution in [0.4, 0.5) is 0 Å². The average Bonchev–Trinajstić information content (AvgIpc) is 3.10. The molecule has 1 aromatic heterocycles. The van der Waals surface area contributed by atoms with Gasteiger partial charge >= 0.3 is 0 Å². The maximum Gasteiger partial charge on any atom is 0.261 e. The average molecular weight is 416 g/mol. The Balaban J connectivity index is 1.57. The predicted octanol–water partition coefficient (Wildman–Crippen LogP) is 3.89. The number of aryl methyl sites for hydroxylation is 1. The van der Waals surface area contributed by atoms with Crippen LogP contribution < -0.4 is 10.1 Å². The van der Waals surface area contributed by atoms with Gasteiger partial charge in [0.25, 0.3) is 5.91 Å². The molecule has 1 heterocycles. The summed E-state index contributed by atoms with van der Waals surface area (Å²) in [5.74, 6) is 1.23. The van der Waals surface area contributed by atoms with Crippen molar-refractivity contribution < 1.29 is 14.1 Å². The van der Waals surface area contributed by atoms with Crippen LogP contribution in [0.3, 0.4) is 0 Å². The van der Waals surface area contributed by atoms with Crippen LogP contribution in [0.1, 0.15) is 18.4 Å². The molecule has 1 amide bonds. The fourth-order valence-electron chi connectivity index (χ4n) is 2.31. The smallest absolute Gasteiger partial charge is 0.261 e. The zero-order valence-electron chi connectivity index (χ0n) is 14.4. The van der Waals surface area contributed by atoms with E-state index in [1.807, 2.05) is 55.5 Å². The van der Waals surface area contributed by atoms with Crippen LogP contribution >= 0.6 is 15.9 Å². The summed E-state index contributed by atoms with van der Waals surface area (Å²) in [6.07, 6.45) is -0.636. The summed E-state index contributed by atoms with van der Waals surface area (Å²) < 4.78 is 11.8. The zero-order valence-corrected chi connectivity index (χ0v) is 16.0. The first-order chi connectivity index (χ1) is 12.5. The lowest BCUT2D eigenvalue weighted by molar-refractivity contribution is -0.127. The van der Waals surface area contributed by atoms with E-state index in [4.69, 9.17) is 9.26 Å². The third-order valence-electron chi connectivity index (χ3n) is 3.73. The highest BCUT2D eigenvalue weighted by atomic mass is 79.9. The monoisotopic (exact) mass is 415 g/mol. The number of carbonyl (C=O) groups is 1. The molecular formula is C19H18BrN3O3. The van der Waals surface area contributed by atoms with Crippen molar-refractivity contribution in [3.8, 4) is 17.1 Å². The Labute approximate surface area is 159 Å². The van der Waals surface area contributed by atoms with Gasteiger partial charge in [0.1, 0.15) is 5.75 Å². The third kappa shape index (κ3) is 4.49. The topological polar surface area (TPSA) is 77.2 Å². The number of hydrogen-bond donors (Lipinski definition) is 1. The number of nitrogens with one attached hydrogen (secondary N) is 1. The number of amides is 1. The van der Waals surface area contributed by atoms with Gasteiger partial charge in [0, 0.05) is 10.0 Å². The van der Waals surface area contributed by atoms with E-state index >= 15 is 0 Å². The van der Waals surface area contributed by atoms with Crippen molar-refractivity contribution in [3.05, 3.63) is 64.5 Å². The number of aromatic nitrogens is 2. The number of nitrogens with zero attached hydrogens (tertiary/aromatic N) is 2. The molecule has 2 aromatic carbocycles. The van der Waals surface area contributed by atoms with Crippen molar-refractivity contribution in [1.29, 1.82) is 0 Å². The first-order valence-corrected chi connectivity index (χ1v) is 8.91. The normalized spacial score (nSPS) is 11.8. The lowest BCUT2D eigenvalue weighted by Gasteiger charge is -2.15. The van der Waals surface area contributed by atoms with E-state index in [1.165, 1.54) is 0 Å². The molecule has 0 unspecified atom stereocenters. The van der Waals surface area contributed by atoms with E-state index in [9.17, 15) is 4.79 Å². The second-order valence-corrected chi connectivity index (χ2v) is 6.68. The molecule has 0 saturated carbocycles. The van der Waals surface area contributed by atoms with E-state index in [0.717, 1.165) is 15.6 Å². The Morgan fingerprint density at radius 2 is 2.08 bits per heavy atom. The minimum absolute atomic E-state index is 0.140. The molecule has 0 radical (unpaired) electrons. The summed E-state index contributed by atoms with van der Waals surface area (Å²) in [6, 6.07) is 15.1. The molecule has 0 aliphatic carbocycles. The SMILES string of the molecule is Cc1ccccc1O[C@H](C)C(=O)NCc1nc(-c2cccc(Br)c2)no1. The molecule has 0 aliphatic heterocycles. The maximum absolute atomic E-state index is 12.2. The van der Waals surface area contributed by atoms with Crippen molar-refractivity contribution in [2.45, 2.75) is 26.5 Å². The largest absolute Gasteiger partial charge is 0.481 e. The summed E-state index contributed by atoms with van der Waals surface area (Å²) in [7, 11) is 0. The minimum Gasteiger partial charge on any atom is -0.481 e. The first-order valence-electron chi connectivity index (χ1n) is 8.11. The predicted molar refractivity (Wildman–Crippen MR) is 101 cm³/mol. The van der Waals surface area contributed by atoms with Crippen LogP contribution in [-0.4, -0.2) is 22.2 Å². The molecule has 6 nitrogen and oxygen atoms in total. The van der Waals surface area contributed by atoms with Gasteiger partial charge in [-0.3, -0.25) is 4.79 Å². The fraction of sp³-hybridized carbons (Fsp3) is 0.211. The van der Waals surface area contributed by atoms with Gasteiger partial charge in [-0.15, -0.1) is 0 Å². The van der Waals surface area contributed by atoms with E-state index in [-0.39, 0.29) is 12.5 Å². The molecule has 1 N–H and O–H groups in total. The lowest BCUT2D eigenvalue weighted by Crippen LogP contribution is -2.36. The number of para-hydroxylation sites is 1. The highest BCUT2D eigenvalue weighted by Gasteiger charge is 2.17. The van der Waals surface area contributed by atoms with Gasteiger partial charge in [0.15, 0.2) is 6.10 Å². The van der Waals surface area contributed by atoms with Crippen LogP contribution in [0.2, 0.25) is 0 Å². The number of benzene rings is 2. The Morgan fingerprint density at radius 1 is 1.27 bits per heavy atom. The van der Waals surface area contributed by atoms with Gasteiger partial charge in [0.2, 0.25) is 11.7 Å². The van der Waals surface area contributed by atoms with Crippen LogP contribution in [0.15, 0.2) is 57.5 Å². The molecule has 3 aromatic rings. The quantitative estimate of drug-likeness (QED) is 0.660. The fourth-order valence-corrected chi connectivity index (χ4v) is 2.71. The van der Waals surface area contributed by atoms with E-state index < -0.39 is 6.10 Å². The van der Waals surface area contributed by atoms with Crippen molar-refractivity contribution in [2.75, 3.05) is 0 Å². The van der Waals surface area contributed by atoms with Crippen LogP contribution in [-0.2, 0) is 11.3 Å². The van der Waals surface area contributed by atoms with Gasteiger partial charge in [-0.1, -0.05) is 51.4 Å². The molecule has 0 bridgehead atoms. The summed E-state index contributed by atoms with van der Waals surface area (Å²) >= 11 is 3.41. The molecule has 0 aliphatic rings. The number of hydrogen-bond acceptors (Lipinski definition) is 5. The highest BCUT2D eigenvalue weighted by molar-refractivity contribution is 9.10. The maximum atomic E-state index is 12.2. The number of ether oxygens (including phenoxy) is 1. The Morgan fingerprint density at radius 3 is 2.85 bits per heavy atom. The van der Waals surface area contributed by atoms with Gasteiger partial charge in [0.05, 0.1) is 6.54 Å². The van der Waals surface area contributed by atoms with Crippen LogP contribution in [0.5, 0.6) is 5.75 Å². The van der Waals surface area contributed by atoms with Crippen molar-refractivity contribution in [3.63, 3.8) is 0 Å². The summed E-state index contributed by atoms with van der Waals surface area (Å²) in [5, 5.41) is 6.69. The number of halogens is 1. The van der Waals surface area contributed by atoms with Crippen molar-refractivity contribution in [2.24, 2.45) is 0 Å². The van der Waals surface area contributed by atoms with Crippen molar-refractivity contribution >= 4 is 21.8 Å².